The lowest BCUT2D eigenvalue weighted by atomic mass is 10.2. The Balaban J connectivity index is 1.66. The highest BCUT2D eigenvalue weighted by molar-refractivity contribution is 7.15. The van der Waals surface area contributed by atoms with Gasteiger partial charge in [0.25, 0.3) is 0 Å². The summed E-state index contributed by atoms with van der Waals surface area (Å²) in [6, 6.07) is 7.07. The summed E-state index contributed by atoms with van der Waals surface area (Å²) in [6.07, 6.45) is 0.678. The fourth-order valence-corrected chi connectivity index (χ4v) is 3.55. The van der Waals surface area contributed by atoms with E-state index in [4.69, 9.17) is 4.74 Å². The lowest BCUT2D eigenvalue weighted by Gasteiger charge is -2.26. The Hall–Kier alpha value is -2.61. The monoisotopic (exact) mass is 346 g/mol. The number of nitrogens with zero attached hydrogens (tertiary/aromatic N) is 2. The first kappa shape index (κ1) is 16.3. The second kappa shape index (κ2) is 6.88. The highest BCUT2D eigenvalue weighted by atomic mass is 32.1. The Morgan fingerprint density at radius 2 is 2.17 bits per heavy atom. The number of methoxy groups -OCH3 is 1. The number of thiazole rings is 1. The zero-order valence-electron chi connectivity index (χ0n) is 13.5. The molecule has 126 valence electrons. The summed E-state index contributed by atoms with van der Waals surface area (Å²) in [7, 11) is 1.59. The van der Waals surface area contributed by atoms with E-state index in [1.807, 2.05) is 18.2 Å². The maximum Gasteiger partial charge on any atom is 0.322 e. The van der Waals surface area contributed by atoms with E-state index in [0.717, 1.165) is 10.6 Å². The van der Waals surface area contributed by atoms with Crippen LogP contribution in [0, 0.1) is 0 Å². The molecule has 24 heavy (non-hydrogen) atoms. The quantitative estimate of drug-likeness (QED) is 0.895. The predicted molar refractivity (Wildman–Crippen MR) is 92.5 cm³/mol. The fourth-order valence-electron chi connectivity index (χ4n) is 2.48. The van der Waals surface area contributed by atoms with E-state index in [-0.39, 0.29) is 11.9 Å². The fraction of sp³-hybridized carbons (Fsp3) is 0.312. The van der Waals surface area contributed by atoms with E-state index in [1.165, 1.54) is 18.3 Å². The largest absolute Gasteiger partial charge is 0.497 e. The van der Waals surface area contributed by atoms with Crippen LogP contribution >= 0.6 is 11.3 Å². The first-order valence-electron chi connectivity index (χ1n) is 7.51. The van der Waals surface area contributed by atoms with Gasteiger partial charge in [0.1, 0.15) is 5.75 Å². The zero-order chi connectivity index (χ0) is 17.1. The van der Waals surface area contributed by atoms with Gasteiger partial charge in [-0.25, -0.2) is 9.78 Å². The molecular formula is C16H18N4O3S. The van der Waals surface area contributed by atoms with E-state index < -0.39 is 0 Å². The van der Waals surface area contributed by atoms with Crippen molar-refractivity contribution in [3.63, 3.8) is 0 Å². The summed E-state index contributed by atoms with van der Waals surface area (Å²) >= 11 is 1.41. The van der Waals surface area contributed by atoms with Crippen LogP contribution in [0.25, 0.3) is 0 Å². The van der Waals surface area contributed by atoms with Crippen LogP contribution in [0.4, 0.5) is 15.6 Å². The average Bonchev–Trinajstić information content (AvgIpc) is 2.95. The van der Waals surface area contributed by atoms with Crippen molar-refractivity contribution in [3.05, 3.63) is 34.8 Å². The van der Waals surface area contributed by atoms with Crippen LogP contribution < -0.4 is 15.4 Å². The first-order chi connectivity index (χ1) is 11.5. The number of urea groups is 1. The van der Waals surface area contributed by atoms with Crippen molar-refractivity contribution < 1.29 is 14.3 Å². The zero-order valence-corrected chi connectivity index (χ0v) is 14.3. The van der Waals surface area contributed by atoms with Crippen molar-refractivity contribution in [1.29, 1.82) is 0 Å². The highest BCUT2D eigenvalue weighted by Gasteiger charge is 2.24. The predicted octanol–water partition coefficient (Wildman–Crippen LogP) is 2.70. The van der Waals surface area contributed by atoms with Gasteiger partial charge in [0, 0.05) is 36.5 Å². The van der Waals surface area contributed by atoms with Crippen molar-refractivity contribution in [1.82, 2.24) is 9.88 Å². The van der Waals surface area contributed by atoms with Gasteiger partial charge in [0.15, 0.2) is 5.13 Å². The third-order valence-corrected chi connectivity index (χ3v) is 4.62. The molecule has 0 saturated carbocycles. The van der Waals surface area contributed by atoms with Crippen molar-refractivity contribution in [2.24, 2.45) is 0 Å². The number of carbonyl (C=O) groups is 2. The van der Waals surface area contributed by atoms with Gasteiger partial charge < -0.3 is 20.3 Å². The molecule has 0 bridgehead atoms. The van der Waals surface area contributed by atoms with Gasteiger partial charge in [-0.1, -0.05) is 17.4 Å². The summed E-state index contributed by atoms with van der Waals surface area (Å²) < 4.78 is 5.16. The van der Waals surface area contributed by atoms with E-state index in [9.17, 15) is 9.59 Å². The number of anilines is 2. The van der Waals surface area contributed by atoms with Crippen molar-refractivity contribution in [2.75, 3.05) is 24.3 Å². The molecule has 2 aromatic rings. The molecule has 8 heteroatoms. The van der Waals surface area contributed by atoms with E-state index >= 15 is 0 Å². The van der Waals surface area contributed by atoms with Crippen LogP contribution in [0.15, 0.2) is 24.3 Å². The van der Waals surface area contributed by atoms with Crippen LogP contribution in [-0.2, 0) is 17.8 Å². The van der Waals surface area contributed by atoms with Crippen LogP contribution in [0.2, 0.25) is 0 Å². The molecule has 1 aliphatic rings. The molecule has 1 aromatic carbocycles. The van der Waals surface area contributed by atoms with E-state index in [1.54, 1.807) is 18.1 Å². The molecule has 1 aliphatic heterocycles. The van der Waals surface area contributed by atoms with Crippen molar-refractivity contribution in [2.45, 2.75) is 19.9 Å². The molecule has 0 unspecified atom stereocenters. The van der Waals surface area contributed by atoms with Gasteiger partial charge in [-0.2, -0.15) is 0 Å². The number of benzene rings is 1. The third-order valence-electron chi connectivity index (χ3n) is 3.62. The number of amides is 3. The van der Waals surface area contributed by atoms with Gasteiger partial charge in [0.2, 0.25) is 5.91 Å². The third kappa shape index (κ3) is 3.65. The Labute approximate surface area is 143 Å². The Kier molecular flexibility index (Phi) is 4.66. The number of aromatic nitrogens is 1. The number of rotatable bonds is 3. The Morgan fingerprint density at radius 3 is 2.92 bits per heavy atom. The van der Waals surface area contributed by atoms with Gasteiger partial charge in [-0.15, -0.1) is 0 Å². The maximum absolute atomic E-state index is 12.4. The van der Waals surface area contributed by atoms with Crippen LogP contribution in [0.5, 0.6) is 5.75 Å². The number of hydrogen-bond donors (Lipinski definition) is 2. The second-order valence-electron chi connectivity index (χ2n) is 5.40. The van der Waals surface area contributed by atoms with Crippen LogP contribution in [-0.4, -0.2) is 35.5 Å². The smallest absolute Gasteiger partial charge is 0.322 e. The molecule has 7 nitrogen and oxygen atoms in total. The normalized spacial score (nSPS) is 13.2. The summed E-state index contributed by atoms with van der Waals surface area (Å²) in [6.45, 7) is 2.53. The SMILES string of the molecule is COc1cccc(NC(=O)N2CCc3nc(NC(C)=O)sc3C2)c1. The molecule has 0 aliphatic carbocycles. The average molecular weight is 346 g/mol. The summed E-state index contributed by atoms with van der Waals surface area (Å²) in [5, 5.41) is 6.16. The van der Waals surface area contributed by atoms with E-state index in [2.05, 4.69) is 15.6 Å². The number of hydrogen-bond acceptors (Lipinski definition) is 5. The van der Waals surface area contributed by atoms with Gasteiger partial charge in [-0.3, -0.25) is 4.79 Å². The number of nitrogens with one attached hydrogen (secondary N) is 2. The molecule has 2 N–H and O–H groups in total. The molecule has 0 atom stereocenters. The van der Waals surface area contributed by atoms with Crippen LogP contribution in [0.3, 0.4) is 0 Å². The Morgan fingerprint density at radius 1 is 1.33 bits per heavy atom. The molecule has 3 rings (SSSR count). The molecule has 0 radical (unpaired) electrons. The summed E-state index contributed by atoms with van der Waals surface area (Å²) in [5.74, 6) is 0.546. The summed E-state index contributed by atoms with van der Waals surface area (Å²) in [5.41, 5.74) is 1.64. The van der Waals surface area contributed by atoms with Gasteiger partial charge in [-0.05, 0) is 12.1 Å². The summed E-state index contributed by atoms with van der Waals surface area (Å²) in [4.78, 5) is 30.7. The molecule has 3 amide bonds. The number of fused-ring (bicyclic) bond motifs is 1. The molecule has 1 aromatic heterocycles. The topological polar surface area (TPSA) is 83.6 Å². The minimum Gasteiger partial charge on any atom is -0.497 e. The lowest BCUT2D eigenvalue weighted by Crippen LogP contribution is -2.38. The van der Waals surface area contributed by atoms with Crippen molar-refractivity contribution >= 4 is 34.1 Å². The van der Waals surface area contributed by atoms with Crippen LogP contribution in [0.1, 0.15) is 17.5 Å². The Bertz CT molecular complexity index is 774. The second-order valence-corrected chi connectivity index (χ2v) is 6.49. The van der Waals surface area contributed by atoms with Crippen molar-refractivity contribution in [3.8, 4) is 5.75 Å². The maximum atomic E-state index is 12.4. The van der Waals surface area contributed by atoms with Gasteiger partial charge in [0.05, 0.1) is 19.3 Å². The van der Waals surface area contributed by atoms with E-state index in [0.29, 0.717) is 36.1 Å². The lowest BCUT2D eigenvalue weighted by molar-refractivity contribution is -0.114. The first-order valence-corrected chi connectivity index (χ1v) is 8.33. The molecule has 2 heterocycles. The standard InChI is InChI=1S/C16H18N4O3S/c1-10(21)17-15-19-13-6-7-20(9-14(13)24-15)16(22)18-11-4-3-5-12(8-11)23-2/h3-5,8H,6-7,9H2,1-2H3,(H,18,22)(H,17,19,21). The minimum atomic E-state index is -0.164. The number of carbonyl (C=O) groups excluding carboxylic acids is 2. The minimum absolute atomic E-state index is 0.145. The molecule has 0 fully saturated rings. The number of ether oxygens (including phenoxy) is 1. The molecule has 0 spiro atoms. The highest BCUT2D eigenvalue weighted by Crippen LogP contribution is 2.28. The van der Waals surface area contributed by atoms with Gasteiger partial charge >= 0.3 is 6.03 Å². The molecular weight excluding hydrogens is 328 g/mol. The molecule has 0 saturated heterocycles.